The van der Waals surface area contributed by atoms with E-state index in [1.165, 1.54) is 29.6 Å². The van der Waals surface area contributed by atoms with E-state index in [1.807, 2.05) is 19.9 Å². The van der Waals surface area contributed by atoms with E-state index in [0.29, 0.717) is 5.82 Å². The van der Waals surface area contributed by atoms with Gasteiger partial charge in [-0.1, -0.05) is 11.6 Å². The number of nitrogens with zero attached hydrogens (tertiary/aromatic N) is 7. The molecule has 12 heteroatoms. The molecule has 4 aromatic heterocycles. The Bertz CT molecular complexity index is 1480. The highest BCUT2D eigenvalue weighted by Gasteiger charge is 2.18. The summed E-state index contributed by atoms with van der Waals surface area (Å²) in [4.78, 5) is 45.6. The second kappa shape index (κ2) is 8.08. The maximum Gasteiger partial charge on any atom is 0.358 e. The first-order chi connectivity index (χ1) is 15.2. The van der Waals surface area contributed by atoms with Crippen LogP contribution in [0, 0.1) is 13.8 Å². The third kappa shape index (κ3) is 3.60. The minimum Gasteiger partial charge on any atom is -0.459 e. The average Bonchev–Trinajstić information content (AvgIpc) is 3.33. The van der Waals surface area contributed by atoms with Crippen LogP contribution in [0.5, 0.6) is 0 Å². The summed E-state index contributed by atoms with van der Waals surface area (Å²) in [7, 11) is 2.93. The predicted octanol–water partition coefficient (Wildman–Crippen LogP) is 1.14. The fourth-order valence-electron chi connectivity index (χ4n) is 3.43. The fourth-order valence-corrected chi connectivity index (χ4v) is 3.61. The number of aryl methyl sites for hydroxylation is 3. The van der Waals surface area contributed by atoms with Crippen LogP contribution in [0.1, 0.15) is 21.9 Å². The number of imidazole rings is 1. The van der Waals surface area contributed by atoms with Crippen LogP contribution in [0.3, 0.4) is 0 Å². The first-order valence-corrected chi connectivity index (χ1v) is 10.0. The molecule has 0 aliphatic rings. The first-order valence-electron chi connectivity index (χ1n) is 9.67. The smallest absolute Gasteiger partial charge is 0.358 e. The Kier molecular flexibility index (Phi) is 5.43. The van der Waals surface area contributed by atoms with E-state index in [4.69, 9.17) is 16.3 Å². The Morgan fingerprint density at radius 2 is 1.91 bits per heavy atom. The summed E-state index contributed by atoms with van der Waals surface area (Å²) in [5.74, 6) is -0.264. The summed E-state index contributed by atoms with van der Waals surface area (Å²) in [6, 6.07) is 5.12. The summed E-state index contributed by atoms with van der Waals surface area (Å²) in [6.45, 7) is 3.84. The lowest BCUT2D eigenvalue weighted by molar-refractivity contribution is 0.0485. The number of fused-ring (bicyclic) bond motifs is 1. The molecule has 0 spiro atoms. The third-order valence-corrected chi connectivity index (χ3v) is 5.34. The molecule has 0 saturated carbocycles. The van der Waals surface area contributed by atoms with Crippen LogP contribution in [-0.4, -0.2) is 46.0 Å². The highest BCUT2D eigenvalue weighted by atomic mass is 35.5. The topological polar surface area (TPSA) is 119 Å². The summed E-state index contributed by atoms with van der Waals surface area (Å²) < 4.78 is 10.8. The molecule has 11 nitrogen and oxygen atoms in total. The Morgan fingerprint density at radius 1 is 1.16 bits per heavy atom. The molecule has 0 N–H and O–H groups in total. The van der Waals surface area contributed by atoms with Crippen molar-refractivity contribution in [1.29, 1.82) is 0 Å². The minimum absolute atomic E-state index is 0.0366. The molecule has 0 unspecified atom stereocenters. The monoisotopic (exact) mass is 457 g/mol. The van der Waals surface area contributed by atoms with Gasteiger partial charge in [-0.05, 0) is 32.0 Å². The van der Waals surface area contributed by atoms with Crippen LogP contribution in [0.15, 0.2) is 34.1 Å². The first kappa shape index (κ1) is 21.5. The standard InChI is InChI=1S/C20H20ClN7O4/c1-11-9-12(2)28(24-11)14-6-5-13(21)15(23-14)19(30)32-8-7-27-10-22-17-16(27)18(29)26(4)20(31)25(17)3/h5-6,9-10H,7-8H2,1-4H3. The molecule has 0 aliphatic heterocycles. The quantitative estimate of drug-likeness (QED) is 0.412. The largest absolute Gasteiger partial charge is 0.459 e. The number of carbonyl (C=O) groups excluding carboxylic acids is 1. The molecular formula is C20H20ClN7O4. The second-order valence-electron chi connectivity index (χ2n) is 7.29. The number of hydrogen-bond donors (Lipinski definition) is 0. The maximum atomic E-state index is 12.6. The van der Waals surface area contributed by atoms with Crippen molar-refractivity contribution >= 4 is 28.7 Å². The number of carbonyl (C=O) groups is 1. The van der Waals surface area contributed by atoms with E-state index >= 15 is 0 Å². The van der Waals surface area contributed by atoms with E-state index in [1.54, 1.807) is 16.8 Å². The molecule has 4 heterocycles. The van der Waals surface area contributed by atoms with Crippen LogP contribution in [0.25, 0.3) is 17.0 Å². The molecule has 0 amide bonds. The molecule has 0 aliphatic carbocycles. The number of pyridine rings is 1. The Labute approximate surface area is 186 Å². The number of hydrogen-bond acceptors (Lipinski definition) is 7. The highest BCUT2D eigenvalue weighted by Crippen LogP contribution is 2.18. The van der Waals surface area contributed by atoms with Crippen molar-refractivity contribution in [2.24, 2.45) is 14.1 Å². The van der Waals surface area contributed by atoms with E-state index in [0.717, 1.165) is 16.0 Å². The molecule has 166 valence electrons. The van der Waals surface area contributed by atoms with Gasteiger partial charge in [-0.2, -0.15) is 5.10 Å². The van der Waals surface area contributed by atoms with Crippen molar-refractivity contribution in [3.05, 3.63) is 67.5 Å². The number of ether oxygens (including phenoxy) is 1. The van der Waals surface area contributed by atoms with Gasteiger partial charge in [0.1, 0.15) is 6.61 Å². The van der Waals surface area contributed by atoms with Gasteiger partial charge < -0.3 is 9.30 Å². The van der Waals surface area contributed by atoms with Gasteiger partial charge in [0.2, 0.25) is 0 Å². The van der Waals surface area contributed by atoms with Gasteiger partial charge in [0.25, 0.3) is 5.56 Å². The number of halogens is 1. The number of esters is 1. The lowest BCUT2D eigenvalue weighted by atomic mass is 10.3. The van der Waals surface area contributed by atoms with Crippen molar-refractivity contribution < 1.29 is 9.53 Å². The van der Waals surface area contributed by atoms with Gasteiger partial charge in [0, 0.05) is 19.8 Å². The molecule has 32 heavy (non-hydrogen) atoms. The Hall–Kier alpha value is -3.73. The van der Waals surface area contributed by atoms with E-state index < -0.39 is 17.2 Å². The zero-order valence-corrected chi connectivity index (χ0v) is 18.6. The van der Waals surface area contributed by atoms with Crippen molar-refractivity contribution in [3.63, 3.8) is 0 Å². The number of rotatable bonds is 5. The van der Waals surface area contributed by atoms with Crippen molar-refractivity contribution in [1.82, 2.24) is 33.4 Å². The van der Waals surface area contributed by atoms with Crippen LogP contribution in [0.2, 0.25) is 5.02 Å². The lowest BCUT2D eigenvalue weighted by Crippen LogP contribution is -2.37. The van der Waals surface area contributed by atoms with Gasteiger partial charge in [0.05, 0.1) is 23.6 Å². The van der Waals surface area contributed by atoms with Gasteiger partial charge in [0.15, 0.2) is 22.7 Å². The van der Waals surface area contributed by atoms with Gasteiger partial charge in [-0.25, -0.2) is 24.2 Å². The Balaban J connectivity index is 1.54. The van der Waals surface area contributed by atoms with Gasteiger partial charge >= 0.3 is 11.7 Å². The van der Waals surface area contributed by atoms with Crippen LogP contribution >= 0.6 is 11.6 Å². The molecule has 4 rings (SSSR count). The molecule has 0 saturated heterocycles. The normalized spacial score (nSPS) is 11.3. The zero-order chi connectivity index (χ0) is 23.2. The van der Waals surface area contributed by atoms with E-state index in [2.05, 4.69) is 15.1 Å². The highest BCUT2D eigenvalue weighted by molar-refractivity contribution is 6.33. The lowest BCUT2D eigenvalue weighted by Gasteiger charge is -2.10. The van der Waals surface area contributed by atoms with Gasteiger partial charge in [-0.3, -0.25) is 13.9 Å². The maximum absolute atomic E-state index is 12.6. The van der Waals surface area contributed by atoms with E-state index in [-0.39, 0.29) is 35.0 Å². The molecule has 0 aromatic carbocycles. The Morgan fingerprint density at radius 3 is 2.59 bits per heavy atom. The van der Waals surface area contributed by atoms with Crippen LogP contribution < -0.4 is 11.2 Å². The van der Waals surface area contributed by atoms with Crippen molar-refractivity contribution in [2.45, 2.75) is 20.4 Å². The summed E-state index contributed by atoms with van der Waals surface area (Å²) in [5.41, 5.74) is 1.20. The molecule has 0 fully saturated rings. The van der Waals surface area contributed by atoms with E-state index in [9.17, 15) is 14.4 Å². The zero-order valence-electron chi connectivity index (χ0n) is 17.9. The van der Waals surface area contributed by atoms with Gasteiger partial charge in [-0.15, -0.1) is 0 Å². The summed E-state index contributed by atoms with van der Waals surface area (Å²) >= 11 is 6.17. The summed E-state index contributed by atoms with van der Waals surface area (Å²) in [6.07, 6.45) is 1.42. The SMILES string of the molecule is Cc1cc(C)n(-c2ccc(Cl)c(C(=O)OCCn3cnc4c3c(=O)n(C)c(=O)n4C)n2)n1. The van der Waals surface area contributed by atoms with Crippen molar-refractivity contribution in [3.8, 4) is 5.82 Å². The average molecular weight is 458 g/mol. The predicted molar refractivity (Wildman–Crippen MR) is 116 cm³/mol. The van der Waals surface area contributed by atoms with Crippen LogP contribution in [0.4, 0.5) is 0 Å². The van der Waals surface area contributed by atoms with Crippen LogP contribution in [-0.2, 0) is 25.4 Å². The second-order valence-corrected chi connectivity index (χ2v) is 7.70. The molecule has 0 bridgehead atoms. The molecule has 0 radical (unpaired) electrons. The number of aromatic nitrogens is 7. The third-order valence-electron chi connectivity index (χ3n) is 5.03. The molecule has 0 atom stereocenters. The molecule has 4 aromatic rings. The minimum atomic E-state index is -0.705. The summed E-state index contributed by atoms with van der Waals surface area (Å²) in [5, 5.41) is 4.51. The molecular weight excluding hydrogens is 438 g/mol. The van der Waals surface area contributed by atoms with Crippen molar-refractivity contribution in [2.75, 3.05) is 6.61 Å². The fraction of sp³-hybridized carbons (Fsp3) is 0.300.